The van der Waals surface area contributed by atoms with Gasteiger partial charge in [-0.1, -0.05) is 37.2 Å². The number of carbonyl (C=O) groups excluding carboxylic acids is 2. The molecule has 7 nitrogen and oxygen atoms in total. The third-order valence-corrected chi connectivity index (χ3v) is 5.91. The van der Waals surface area contributed by atoms with E-state index >= 15 is 0 Å². The second kappa shape index (κ2) is 12.1. The number of carbonyl (C=O) groups is 2. The monoisotopic (exact) mass is 483 g/mol. The summed E-state index contributed by atoms with van der Waals surface area (Å²) in [6.45, 7) is 4.07. The Labute approximate surface area is 201 Å². The van der Waals surface area contributed by atoms with E-state index in [1.54, 1.807) is 43.3 Å². The Balaban J connectivity index is 1.57. The van der Waals surface area contributed by atoms with Crippen molar-refractivity contribution in [3.05, 3.63) is 87.1 Å². The van der Waals surface area contributed by atoms with Crippen LogP contribution in [0.25, 0.3) is 0 Å². The Hall–Kier alpha value is -3.46. The highest BCUT2D eigenvalue weighted by Gasteiger charge is 2.14. The molecule has 0 fully saturated rings. The first-order valence-corrected chi connectivity index (χ1v) is 11.9. The lowest BCUT2D eigenvalue weighted by Crippen LogP contribution is -2.23. The summed E-state index contributed by atoms with van der Waals surface area (Å²) < 4.78 is 18.2. The smallest absolute Gasteiger partial charge is 0.338 e. The zero-order valence-corrected chi connectivity index (χ0v) is 19.8. The van der Waals surface area contributed by atoms with Crippen molar-refractivity contribution in [3.63, 3.8) is 0 Å². The number of halogens is 1. The summed E-state index contributed by atoms with van der Waals surface area (Å²) in [6, 6.07) is 12.5. The molecular weight excluding hydrogens is 457 g/mol. The van der Waals surface area contributed by atoms with E-state index in [9.17, 15) is 18.8 Å². The number of aromatic nitrogens is 2. The van der Waals surface area contributed by atoms with Gasteiger partial charge < -0.3 is 15.0 Å². The maximum absolute atomic E-state index is 13.0. The number of benzene rings is 2. The van der Waals surface area contributed by atoms with Crippen LogP contribution in [0.5, 0.6) is 0 Å². The molecule has 1 heterocycles. The zero-order chi connectivity index (χ0) is 24.5. The Kier molecular flexibility index (Phi) is 8.98. The Morgan fingerprint density at radius 2 is 1.82 bits per heavy atom. The lowest BCUT2D eigenvalue weighted by molar-refractivity contribution is -0.115. The molecule has 0 aliphatic heterocycles. The van der Waals surface area contributed by atoms with Crippen molar-refractivity contribution < 1.29 is 18.7 Å². The zero-order valence-electron chi connectivity index (χ0n) is 19.0. The molecule has 1 aromatic heterocycles. The van der Waals surface area contributed by atoms with Gasteiger partial charge in [-0.05, 0) is 55.3 Å². The van der Waals surface area contributed by atoms with Crippen molar-refractivity contribution in [3.8, 4) is 0 Å². The first-order chi connectivity index (χ1) is 16.4. The maximum Gasteiger partial charge on any atom is 0.338 e. The SMILES string of the molecule is CCCCOC(=O)c1ccc(NC(=O)Cc2c(C)nc(SCc3ccc(F)cc3)[nH]c2=O)cc1. The molecule has 0 aliphatic carbocycles. The summed E-state index contributed by atoms with van der Waals surface area (Å²) in [7, 11) is 0. The van der Waals surface area contributed by atoms with E-state index in [1.807, 2.05) is 6.92 Å². The molecule has 0 saturated heterocycles. The standard InChI is InChI=1S/C25H26FN3O4S/c1-3-4-13-33-24(32)18-7-11-20(12-8-18)28-22(30)14-21-16(2)27-25(29-23(21)31)34-15-17-5-9-19(26)10-6-17/h5-12H,3-4,13-15H2,1-2H3,(H,28,30)(H,27,29,31). The van der Waals surface area contributed by atoms with Gasteiger partial charge in [0.05, 0.1) is 18.6 Å². The van der Waals surface area contributed by atoms with E-state index < -0.39 is 5.97 Å². The number of ether oxygens (including phenoxy) is 1. The van der Waals surface area contributed by atoms with Crippen molar-refractivity contribution in [2.45, 2.75) is 44.0 Å². The van der Waals surface area contributed by atoms with Crippen LogP contribution >= 0.6 is 11.8 Å². The molecule has 0 atom stereocenters. The molecule has 0 bridgehead atoms. The number of aryl methyl sites for hydroxylation is 1. The number of anilines is 1. The summed E-state index contributed by atoms with van der Waals surface area (Å²) >= 11 is 1.32. The lowest BCUT2D eigenvalue weighted by Gasteiger charge is -2.09. The predicted molar refractivity (Wildman–Crippen MR) is 130 cm³/mol. The van der Waals surface area contributed by atoms with Crippen molar-refractivity contribution in [1.82, 2.24) is 9.97 Å². The van der Waals surface area contributed by atoms with Crippen molar-refractivity contribution >= 4 is 29.3 Å². The molecule has 0 aliphatic rings. The van der Waals surface area contributed by atoms with Gasteiger partial charge in [0.2, 0.25) is 5.91 Å². The van der Waals surface area contributed by atoms with E-state index in [2.05, 4.69) is 15.3 Å². The minimum absolute atomic E-state index is 0.141. The Bertz CT molecular complexity index is 1190. The van der Waals surface area contributed by atoms with Crippen molar-refractivity contribution in [1.29, 1.82) is 0 Å². The van der Waals surface area contributed by atoms with Crippen LogP contribution in [-0.2, 0) is 21.7 Å². The number of unbranched alkanes of at least 4 members (excludes halogenated alkanes) is 1. The van der Waals surface area contributed by atoms with Gasteiger partial charge in [0.1, 0.15) is 5.82 Å². The Morgan fingerprint density at radius 1 is 1.12 bits per heavy atom. The van der Waals surface area contributed by atoms with Gasteiger partial charge in [0.25, 0.3) is 5.56 Å². The first kappa shape index (κ1) is 25.2. The summed E-state index contributed by atoms with van der Waals surface area (Å²) in [6.07, 6.45) is 1.60. The molecule has 178 valence electrons. The van der Waals surface area contributed by atoms with E-state index in [0.717, 1.165) is 18.4 Å². The first-order valence-electron chi connectivity index (χ1n) is 10.9. The number of thioether (sulfide) groups is 1. The molecular formula is C25H26FN3O4S. The van der Waals surface area contributed by atoms with Gasteiger partial charge in [0.15, 0.2) is 5.16 Å². The van der Waals surface area contributed by atoms with Crippen LogP contribution in [0.3, 0.4) is 0 Å². The fourth-order valence-electron chi connectivity index (χ4n) is 3.04. The number of hydrogen-bond donors (Lipinski definition) is 2. The number of hydrogen-bond acceptors (Lipinski definition) is 6. The van der Waals surface area contributed by atoms with Gasteiger partial charge >= 0.3 is 5.97 Å². The molecule has 3 aromatic rings. The summed E-state index contributed by atoms with van der Waals surface area (Å²) in [5.41, 5.74) is 2.16. The number of aromatic amines is 1. The molecule has 3 rings (SSSR count). The minimum Gasteiger partial charge on any atom is -0.462 e. The molecule has 2 N–H and O–H groups in total. The fraction of sp³-hybridized carbons (Fsp3) is 0.280. The van der Waals surface area contributed by atoms with Crippen molar-refractivity contribution in [2.75, 3.05) is 11.9 Å². The molecule has 0 spiro atoms. The normalized spacial score (nSPS) is 10.7. The average molecular weight is 484 g/mol. The number of amides is 1. The summed E-state index contributed by atoms with van der Waals surface area (Å²) in [4.78, 5) is 44.1. The number of nitrogens with one attached hydrogen (secondary N) is 2. The number of esters is 1. The highest BCUT2D eigenvalue weighted by Crippen LogP contribution is 2.19. The van der Waals surface area contributed by atoms with Crippen LogP contribution in [0.2, 0.25) is 0 Å². The van der Waals surface area contributed by atoms with Gasteiger partial charge in [-0.25, -0.2) is 14.2 Å². The molecule has 34 heavy (non-hydrogen) atoms. The molecule has 0 saturated carbocycles. The molecule has 0 unspecified atom stereocenters. The maximum atomic E-state index is 13.0. The Morgan fingerprint density at radius 3 is 2.47 bits per heavy atom. The molecule has 9 heteroatoms. The second-order valence-electron chi connectivity index (χ2n) is 7.64. The largest absolute Gasteiger partial charge is 0.462 e. The molecule has 2 aromatic carbocycles. The van der Waals surface area contributed by atoms with Crippen LogP contribution in [0, 0.1) is 12.7 Å². The van der Waals surface area contributed by atoms with Gasteiger partial charge in [0, 0.05) is 22.7 Å². The average Bonchev–Trinajstić information content (AvgIpc) is 2.81. The van der Waals surface area contributed by atoms with Crippen LogP contribution in [0.4, 0.5) is 10.1 Å². The second-order valence-corrected chi connectivity index (χ2v) is 8.61. The third-order valence-electron chi connectivity index (χ3n) is 4.96. The quantitative estimate of drug-likeness (QED) is 0.188. The molecule has 0 radical (unpaired) electrons. The van der Waals surface area contributed by atoms with Gasteiger partial charge in [-0.3, -0.25) is 9.59 Å². The predicted octanol–water partition coefficient (Wildman–Crippen LogP) is 4.65. The number of H-pyrrole nitrogens is 1. The highest BCUT2D eigenvalue weighted by atomic mass is 32.2. The topological polar surface area (TPSA) is 101 Å². The molecule has 1 amide bonds. The highest BCUT2D eigenvalue weighted by molar-refractivity contribution is 7.98. The van der Waals surface area contributed by atoms with E-state index in [1.165, 1.54) is 23.9 Å². The van der Waals surface area contributed by atoms with E-state index in [4.69, 9.17) is 4.74 Å². The van der Waals surface area contributed by atoms with Gasteiger partial charge in [-0.15, -0.1) is 0 Å². The third kappa shape index (κ3) is 7.28. The fourth-order valence-corrected chi connectivity index (χ4v) is 3.90. The van der Waals surface area contributed by atoms with Crippen LogP contribution < -0.4 is 10.9 Å². The van der Waals surface area contributed by atoms with Crippen molar-refractivity contribution in [2.24, 2.45) is 0 Å². The minimum atomic E-state index is -0.406. The number of nitrogens with zero attached hydrogens (tertiary/aromatic N) is 1. The van der Waals surface area contributed by atoms with E-state index in [-0.39, 0.29) is 29.3 Å². The van der Waals surface area contributed by atoms with E-state index in [0.29, 0.717) is 34.5 Å². The van der Waals surface area contributed by atoms with Crippen LogP contribution in [0.15, 0.2) is 58.5 Å². The van der Waals surface area contributed by atoms with Gasteiger partial charge in [-0.2, -0.15) is 0 Å². The summed E-state index contributed by atoms with van der Waals surface area (Å²) in [5.74, 6) is -0.568. The number of rotatable bonds is 10. The van der Waals surface area contributed by atoms with Crippen LogP contribution in [0.1, 0.15) is 46.9 Å². The lowest BCUT2D eigenvalue weighted by atomic mass is 10.1. The summed E-state index contributed by atoms with van der Waals surface area (Å²) in [5, 5.41) is 3.15. The van der Waals surface area contributed by atoms with Crippen LogP contribution in [-0.4, -0.2) is 28.5 Å².